The summed E-state index contributed by atoms with van der Waals surface area (Å²) < 4.78 is 5.06. The molecule has 0 saturated carbocycles. The molecule has 7 nitrogen and oxygen atoms in total. The average molecular weight is 295 g/mol. The number of aliphatic hydroxyl groups is 2. The van der Waals surface area contributed by atoms with Gasteiger partial charge in [0, 0.05) is 0 Å². The van der Waals surface area contributed by atoms with Crippen molar-refractivity contribution < 1.29 is 19.7 Å². The van der Waals surface area contributed by atoms with Gasteiger partial charge in [0.2, 0.25) is 0 Å². The number of nitrogens with one attached hydrogen (secondary N) is 1. The number of amides is 1. The number of anilines is 1. The van der Waals surface area contributed by atoms with E-state index in [1.807, 2.05) is 13.8 Å². The number of methoxy groups -OCH3 is 1. The molecule has 0 bridgehead atoms. The van der Waals surface area contributed by atoms with E-state index >= 15 is 0 Å². The summed E-state index contributed by atoms with van der Waals surface area (Å²) in [6.07, 6.45) is -0.887. The lowest BCUT2D eigenvalue weighted by Gasteiger charge is -2.30. The summed E-state index contributed by atoms with van der Waals surface area (Å²) in [5.41, 5.74) is 3.37. The molecule has 1 unspecified atom stereocenters. The first-order valence-electron chi connectivity index (χ1n) is 6.89. The summed E-state index contributed by atoms with van der Waals surface area (Å²) in [7, 11) is 1.55. The molecular weight excluding hydrogens is 274 g/mol. The Bertz CT molecular complexity index is 499. The zero-order valence-electron chi connectivity index (χ0n) is 12.4. The molecule has 1 atom stereocenters. The molecule has 1 aromatic rings. The standard InChI is InChI=1S/C14H21N3O4/c1-4-16(5-2)12-14(19,20)13(18)17(15-12)10-6-8-11(21-3)9-7-10/h6-9,12,15,19-20H,4-5H2,1-3H3. The molecule has 2 rings (SSSR count). The molecule has 1 aromatic carbocycles. The summed E-state index contributed by atoms with van der Waals surface area (Å²) in [5.74, 6) is -2.61. The van der Waals surface area contributed by atoms with Gasteiger partial charge >= 0.3 is 5.91 Å². The molecule has 7 heteroatoms. The second-order valence-electron chi connectivity index (χ2n) is 4.82. The Hall–Kier alpha value is -1.67. The predicted octanol–water partition coefficient (Wildman–Crippen LogP) is -0.105. The first-order valence-corrected chi connectivity index (χ1v) is 6.89. The molecule has 3 N–H and O–H groups in total. The Morgan fingerprint density at radius 3 is 2.33 bits per heavy atom. The van der Waals surface area contributed by atoms with Crippen molar-refractivity contribution in [1.29, 1.82) is 0 Å². The fraction of sp³-hybridized carbons (Fsp3) is 0.500. The second-order valence-corrected chi connectivity index (χ2v) is 4.82. The van der Waals surface area contributed by atoms with Crippen LogP contribution < -0.4 is 15.2 Å². The lowest BCUT2D eigenvalue weighted by Crippen LogP contribution is -2.56. The van der Waals surface area contributed by atoms with Crippen molar-refractivity contribution in [2.75, 3.05) is 25.2 Å². The number of ether oxygens (including phenoxy) is 1. The summed E-state index contributed by atoms with van der Waals surface area (Å²) in [6, 6.07) is 6.74. The van der Waals surface area contributed by atoms with Crippen LogP contribution in [0.4, 0.5) is 5.69 Å². The zero-order valence-corrected chi connectivity index (χ0v) is 12.4. The van der Waals surface area contributed by atoms with Crippen molar-refractivity contribution in [3.8, 4) is 5.75 Å². The maximum Gasteiger partial charge on any atom is 0.304 e. The molecule has 21 heavy (non-hydrogen) atoms. The zero-order chi connectivity index (χ0) is 15.6. The van der Waals surface area contributed by atoms with Gasteiger partial charge < -0.3 is 14.9 Å². The largest absolute Gasteiger partial charge is 0.497 e. The molecule has 0 radical (unpaired) electrons. The molecule has 1 saturated heterocycles. The van der Waals surface area contributed by atoms with Gasteiger partial charge in [-0.15, -0.1) is 0 Å². The molecule has 1 aliphatic heterocycles. The Kier molecular flexibility index (Phi) is 4.48. The van der Waals surface area contributed by atoms with Gasteiger partial charge in [-0.1, -0.05) is 13.8 Å². The maximum atomic E-state index is 12.2. The molecule has 1 fully saturated rings. The van der Waals surface area contributed by atoms with E-state index in [4.69, 9.17) is 4.74 Å². The molecule has 116 valence electrons. The second kappa shape index (κ2) is 5.98. The third kappa shape index (κ3) is 2.73. The highest BCUT2D eigenvalue weighted by molar-refractivity contribution is 6.00. The Balaban J connectivity index is 2.27. The lowest BCUT2D eigenvalue weighted by molar-refractivity contribution is -0.196. The third-order valence-electron chi connectivity index (χ3n) is 3.66. The molecule has 0 spiro atoms. The van der Waals surface area contributed by atoms with Crippen molar-refractivity contribution in [2.45, 2.75) is 25.8 Å². The van der Waals surface area contributed by atoms with Gasteiger partial charge in [-0.25, -0.2) is 10.4 Å². The van der Waals surface area contributed by atoms with Gasteiger partial charge in [-0.3, -0.25) is 9.69 Å². The van der Waals surface area contributed by atoms with Crippen LogP contribution in [0, 0.1) is 0 Å². The average Bonchev–Trinajstić information content (AvgIpc) is 2.73. The first kappa shape index (κ1) is 15.7. The molecular formula is C14H21N3O4. The van der Waals surface area contributed by atoms with Crippen molar-refractivity contribution in [1.82, 2.24) is 10.3 Å². The monoisotopic (exact) mass is 295 g/mol. The molecule has 0 aliphatic carbocycles. The van der Waals surface area contributed by atoms with Crippen LogP contribution in [-0.4, -0.2) is 53.2 Å². The summed E-state index contributed by atoms with van der Waals surface area (Å²) >= 11 is 0. The van der Waals surface area contributed by atoms with Crippen LogP contribution in [0.15, 0.2) is 24.3 Å². The van der Waals surface area contributed by atoms with Gasteiger partial charge in [-0.2, -0.15) is 0 Å². The van der Waals surface area contributed by atoms with E-state index in [1.165, 1.54) is 0 Å². The normalized spacial score (nSPS) is 21.1. The van der Waals surface area contributed by atoms with Crippen LogP contribution >= 0.6 is 0 Å². The molecule has 0 aromatic heterocycles. The minimum absolute atomic E-state index is 0.517. The van der Waals surface area contributed by atoms with Crippen molar-refractivity contribution in [2.24, 2.45) is 0 Å². The van der Waals surface area contributed by atoms with Crippen molar-refractivity contribution in [3.05, 3.63) is 24.3 Å². The minimum atomic E-state index is -2.47. The van der Waals surface area contributed by atoms with E-state index in [-0.39, 0.29) is 0 Å². The fourth-order valence-electron chi connectivity index (χ4n) is 2.40. The van der Waals surface area contributed by atoms with E-state index < -0.39 is 17.9 Å². The summed E-state index contributed by atoms with van der Waals surface area (Å²) in [6.45, 7) is 4.95. The van der Waals surface area contributed by atoms with Gasteiger partial charge in [0.15, 0.2) is 0 Å². The van der Waals surface area contributed by atoms with Gasteiger partial charge in [0.05, 0.1) is 12.8 Å². The van der Waals surface area contributed by atoms with E-state index in [9.17, 15) is 15.0 Å². The highest BCUT2D eigenvalue weighted by atomic mass is 16.5. The topological polar surface area (TPSA) is 85.3 Å². The molecule has 1 heterocycles. The van der Waals surface area contributed by atoms with E-state index in [1.54, 1.807) is 36.3 Å². The lowest BCUT2D eigenvalue weighted by atomic mass is 10.2. The van der Waals surface area contributed by atoms with Crippen LogP contribution in [-0.2, 0) is 4.79 Å². The van der Waals surface area contributed by atoms with Crippen LogP contribution in [0.1, 0.15) is 13.8 Å². The predicted molar refractivity (Wildman–Crippen MR) is 77.5 cm³/mol. The Morgan fingerprint density at radius 1 is 1.29 bits per heavy atom. The number of carbonyl (C=O) groups is 1. The highest BCUT2D eigenvalue weighted by Crippen LogP contribution is 2.27. The maximum absolute atomic E-state index is 12.2. The number of nitrogens with zero attached hydrogens (tertiary/aromatic N) is 2. The highest BCUT2D eigenvalue weighted by Gasteiger charge is 2.54. The van der Waals surface area contributed by atoms with Crippen LogP contribution in [0.5, 0.6) is 5.75 Å². The number of hydrogen-bond donors (Lipinski definition) is 3. The number of hydrogen-bond acceptors (Lipinski definition) is 6. The van der Waals surface area contributed by atoms with Crippen molar-refractivity contribution in [3.63, 3.8) is 0 Å². The summed E-state index contributed by atoms with van der Waals surface area (Å²) in [4.78, 5) is 14.0. The van der Waals surface area contributed by atoms with Crippen LogP contribution in [0.2, 0.25) is 0 Å². The number of carbonyl (C=O) groups excluding carboxylic acids is 1. The number of likely N-dealkylation sites (N-methyl/N-ethyl adjacent to an activating group) is 1. The van der Waals surface area contributed by atoms with Crippen LogP contribution in [0.3, 0.4) is 0 Å². The quantitative estimate of drug-likeness (QED) is 0.658. The molecule has 1 aliphatic rings. The Labute approximate surface area is 123 Å². The minimum Gasteiger partial charge on any atom is -0.497 e. The van der Waals surface area contributed by atoms with Gasteiger partial charge in [0.1, 0.15) is 11.9 Å². The van der Waals surface area contributed by atoms with Gasteiger partial charge in [-0.05, 0) is 37.4 Å². The summed E-state index contributed by atoms with van der Waals surface area (Å²) in [5, 5.41) is 21.4. The van der Waals surface area contributed by atoms with Crippen LogP contribution in [0.25, 0.3) is 0 Å². The smallest absolute Gasteiger partial charge is 0.304 e. The fourth-order valence-corrected chi connectivity index (χ4v) is 2.40. The Morgan fingerprint density at radius 2 is 1.86 bits per heavy atom. The van der Waals surface area contributed by atoms with E-state index in [2.05, 4.69) is 5.43 Å². The third-order valence-corrected chi connectivity index (χ3v) is 3.66. The number of benzene rings is 1. The van der Waals surface area contributed by atoms with Gasteiger partial charge in [0.25, 0.3) is 5.79 Å². The molecule has 1 amide bonds. The number of hydrazine groups is 1. The van der Waals surface area contributed by atoms with E-state index in [0.29, 0.717) is 24.5 Å². The van der Waals surface area contributed by atoms with E-state index in [0.717, 1.165) is 5.01 Å². The first-order chi connectivity index (χ1) is 9.95. The SMILES string of the molecule is CCN(CC)C1NN(c2ccc(OC)cc2)C(=O)C1(O)O. The van der Waals surface area contributed by atoms with Crippen molar-refractivity contribution >= 4 is 11.6 Å². The number of rotatable bonds is 5.